The molecule has 3 fully saturated rings. The van der Waals surface area contributed by atoms with E-state index >= 15 is 0 Å². The van der Waals surface area contributed by atoms with Crippen LogP contribution in [0.2, 0.25) is 0 Å². The predicted molar refractivity (Wildman–Crippen MR) is 59.2 cm³/mol. The third-order valence-corrected chi connectivity index (χ3v) is 7.08. The van der Waals surface area contributed by atoms with E-state index < -0.39 is 0 Å². The fraction of sp³-hybridized carbons (Fsp3) is 1.00. The second kappa shape index (κ2) is 2.96. The summed E-state index contributed by atoms with van der Waals surface area (Å²) in [6.07, 6.45) is 3.42. The summed E-state index contributed by atoms with van der Waals surface area (Å²) in [5.74, 6) is 3.23. The van der Waals surface area contributed by atoms with Gasteiger partial charge in [0.15, 0.2) is 0 Å². The first-order valence-electron chi connectivity index (χ1n) is 5.14. The van der Waals surface area contributed by atoms with Crippen LogP contribution in [0, 0.1) is 23.7 Å². The van der Waals surface area contributed by atoms with Crippen LogP contribution in [0.5, 0.6) is 0 Å². The van der Waals surface area contributed by atoms with Gasteiger partial charge in [-0.25, -0.2) is 0 Å². The van der Waals surface area contributed by atoms with E-state index in [0.29, 0.717) is 9.65 Å². The molecule has 3 saturated carbocycles. The molecular formula is C10H14Br2O. The van der Waals surface area contributed by atoms with Gasteiger partial charge in [0.2, 0.25) is 0 Å². The Balaban J connectivity index is 1.92. The molecule has 2 bridgehead atoms. The SMILES string of the molecule is OC1C[C@@H]2C3CC([C@H]2Br)[C@H](Br)[C@H]3C1. The Morgan fingerprint density at radius 1 is 0.769 bits per heavy atom. The van der Waals surface area contributed by atoms with Crippen molar-refractivity contribution in [3.05, 3.63) is 0 Å². The first-order valence-corrected chi connectivity index (χ1v) is 6.98. The predicted octanol–water partition coefficient (Wildman–Crippen LogP) is 2.55. The van der Waals surface area contributed by atoms with Crippen molar-refractivity contribution < 1.29 is 5.11 Å². The maximum atomic E-state index is 9.75. The molecule has 74 valence electrons. The molecular weight excluding hydrogens is 296 g/mol. The molecule has 13 heavy (non-hydrogen) atoms. The molecule has 0 amide bonds. The van der Waals surface area contributed by atoms with Gasteiger partial charge in [-0.1, -0.05) is 31.9 Å². The van der Waals surface area contributed by atoms with Crippen molar-refractivity contribution in [1.82, 2.24) is 0 Å². The van der Waals surface area contributed by atoms with Crippen LogP contribution >= 0.6 is 31.9 Å². The molecule has 0 aromatic heterocycles. The average Bonchev–Trinajstić information content (AvgIpc) is 2.56. The summed E-state index contributed by atoms with van der Waals surface area (Å²) < 4.78 is 0. The summed E-state index contributed by atoms with van der Waals surface area (Å²) in [6, 6.07) is 0. The number of aliphatic hydroxyl groups is 1. The fourth-order valence-electron chi connectivity index (χ4n) is 3.86. The van der Waals surface area contributed by atoms with E-state index in [1.807, 2.05) is 0 Å². The second-order valence-corrected chi connectivity index (χ2v) is 7.02. The van der Waals surface area contributed by atoms with Crippen molar-refractivity contribution in [2.24, 2.45) is 23.7 Å². The molecule has 0 saturated heterocycles. The van der Waals surface area contributed by atoms with Crippen LogP contribution in [0.4, 0.5) is 0 Å². The molecule has 0 spiro atoms. The van der Waals surface area contributed by atoms with Crippen LogP contribution in [0.3, 0.4) is 0 Å². The van der Waals surface area contributed by atoms with Crippen LogP contribution in [0.25, 0.3) is 0 Å². The fourth-order valence-corrected chi connectivity index (χ4v) is 6.57. The first-order chi connectivity index (χ1) is 6.18. The molecule has 3 aliphatic carbocycles. The first kappa shape index (κ1) is 9.17. The molecule has 0 radical (unpaired) electrons. The highest BCUT2D eigenvalue weighted by atomic mass is 79.9. The van der Waals surface area contributed by atoms with Crippen LogP contribution in [0.15, 0.2) is 0 Å². The third kappa shape index (κ3) is 1.13. The molecule has 3 aliphatic rings. The van der Waals surface area contributed by atoms with Gasteiger partial charge in [-0.2, -0.15) is 0 Å². The van der Waals surface area contributed by atoms with E-state index in [0.717, 1.165) is 36.5 Å². The molecule has 3 heteroatoms. The quantitative estimate of drug-likeness (QED) is 0.682. The summed E-state index contributed by atoms with van der Waals surface area (Å²) >= 11 is 7.62. The van der Waals surface area contributed by atoms with Gasteiger partial charge in [-0.15, -0.1) is 0 Å². The molecule has 0 aromatic carbocycles. The van der Waals surface area contributed by atoms with E-state index in [4.69, 9.17) is 0 Å². The summed E-state index contributed by atoms with van der Waals surface area (Å²) in [7, 11) is 0. The van der Waals surface area contributed by atoms with Gasteiger partial charge >= 0.3 is 0 Å². The monoisotopic (exact) mass is 308 g/mol. The minimum Gasteiger partial charge on any atom is -0.393 e. The van der Waals surface area contributed by atoms with Crippen molar-refractivity contribution >= 4 is 31.9 Å². The molecule has 1 nitrogen and oxygen atoms in total. The largest absolute Gasteiger partial charge is 0.393 e. The van der Waals surface area contributed by atoms with Gasteiger partial charge < -0.3 is 5.11 Å². The number of hydrogen-bond acceptors (Lipinski definition) is 1. The number of aliphatic hydroxyl groups excluding tert-OH is 1. The van der Waals surface area contributed by atoms with E-state index in [1.165, 1.54) is 6.42 Å². The number of alkyl halides is 2. The third-order valence-electron chi connectivity index (χ3n) is 4.37. The van der Waals surface area contributed by atoms with Crippen molar-refractivity contribution in [2.45, 2.75) is 35.0 Å². The molecule has 3 unspecified atom stereocenters. The van der Waals surface area contributed by atoms with Crippen LogP contribution in [0.1, 0.15) is 19.3 Å². The average molecular weight is 310 g/mol. The minimum absolute atomic E-state index is 0.0367. The Morgan fingerprint density at radius 3 is 1.77 bits per heavy atom. The van der Waals surface area contributed by atoms with Gasteiger partial charge in [0.1, 0.15) is 0 Å². The Kier molecular flexibility index (Phi) is 2.08. The van der Waals surface area contributed by atoms with Crippen molar-refractivity contribution in [3.63, 3.8) is 0 Å². The highest BCUT2D eigenvalue weighted by Crippen LogP contribution is 2.61. The zero-order valence-corrected chi connectivity index (χ0v) is 10.5. The number of fused-ring (bicyclic) bond motifs is 1. The van der Waals surface area contributed by atoms with Crippen LogP contribution < -0.4 is 0 Å². The minimum atomic E-state index is -0.0367. The van der Waals surface area contributed by atoms with Crippen molar-refractivity contribution in [2.75, 3.05) is 0 Å². The zero-order valence-electron chi connectivity index (χ0n) is 7.37. The smallest absolute Gasteiger partial charge is 0.0546 e. The lowest BCUT2D eigenvalue weighted by molar-refractivity contribution is 0.0385. The number of rotatable bonds is 0. The summed E-state index contributed by atoms with van der Waals surface area (Å²) in [6.45, 7) is 0. The summed E-state index contributed by atoms with van der Waals surface area (Å²) in [4.78, 5) is 1.32. The molecule has 3 rings (SSSR count). The van der Waals surface area contributed by atoms with E-state index in [9.17, 15) is 5.11 Å². The maximum Gasteiger partial charge on any atom is 0.0546 e. The molecule has 0 aromatic rings. The summed E-state index contributed by atoms with van der Waals surface area (Å²) in [5, 5.41) is 9.75. The lowest BCUT2D eigenvalue weighted by Crippen LogP contribution is -2.43. The van der Waals surface area contributed by atoms with Gasteiger partial charge in [0.05, 0.1) is 6.10 Å². The van der Waals surface area contributed by atoms with E-state index in [-0.39, 0.29) is 6.10 Å². The Bertz CT molecular complexity index is 209. The Morgan fingerprint density at radius 2 is 1.31 bits per heavy atom. The highest BCUT2D eigenvalue weighted by Gasteiger charge is 2.58. The topological polar surface area (TPSA) is 20.2 Å². The highest BCUT2D eigenvalue weighted by molar-refractivity contribution is 9.10. The second-order valence-electron chi connectivity index (χ2n) is 4.91. The molecule has 7 atom stereocenters. The lowest BCUT2D eigenvalue weighted by atomic mass is 9.70. The Hall–Kier alpha value is 0.920. The van der Waals surface area contributed by atoms with Crippen molar-refractivity contribution in [1.29, 1.82) is 0 Å². The molecule has 0 heterocycles. The normalized spacial score (nSPS) is 64.4. The maximum absolute atomic E-state index is 9.75. The number of halogens is 2. The molecule has 0 aliphatic heterocycles. The standard InChI is InChI=1S/C10H14Br2O/c11-9-6-1-4(13)2-7-5(6)3-8(9)10(7)12/h4-10,13H,1-3H2/t4?,5?,6-,7+,8?,9+,10-. The van der Waals surface area contributed by atoms with Crippen LogP contribution in [-0.4, -0.2) is 20.9 Å². The number of hydrogen-bond donors (Lipinski definition) is 1. The lowest BCUT2D eigenvalue weighted by Gasteiger charge is -2.42. The van der Waals surface area contributed by atoms with E-state index in [2.05, 4.69) is 31.9 Å². The Labute approximate surface area is 95.5 Å². The molecule has 1 N–H and O–H groups in total. The van der Waals surface area contributed by atoms with Gasteiger partial charge in [0.25, 0.3) is 0 Å². The summed E-state index contributed by atoms with van der Waals surface area (Å²) in [5.41, 5.74) is 0. The van der Waals surface area contributed by atoms with Gasteiger partial charge in [-0.3, -0.25) is 0 Å². The van der Waals surface area contributed by atoms with Gasteiger partial charge in [-0.05, 0) is 42.9 Å². The van der Waals surface area contributed by atoms with Crippen LogP contribution in [-0.2, 0) is 0 Å². The van der Waals surface area contributed by atoms with Crippen molar-refractivity contribution in [3.8, 4) is 0 Å². The van der Waals surface area contributed by atoms with E-state index in [1.54, 1.807) is 0 Å². The zero-order chi connectivity index (χ0) is 9.16. The van der Waals surface area contributed by atoms with Gasteiger partial charge in [0, 0.05) is 9.65 Å².